The number of anilines is 1. The number of rotatable bonds is 8. The van der Waals surface area contributed by atoms with Crippen LogP contribution in [0.4, 0.5) is 5.69 Å². The normalized spacial score (nSPS) is 18.6. The monoisotopic (exact) mass is 521 g/mol. The summed E-state index contributed by atoms with van der Waals surface area (Å²) in [5.74, 6) is -0.273. The van der Waals surface area contributed by atoms with E-state index in [1.807, 2.05) is 0 Å². The van der Waals surface area contributed by atoms with Crippen molar-refractivity contribution in [1.82, 2.24) is 8.61 Å². The first kappa shape index (κ1) is 25.8. The summed E-state index contributed by atoms with van der Waals surface area (Å²) in [6.45, 7) is 2.28. The van der Waals surface area contributed by atoms with Crippen LogP contribution < -0.4 is 5.32 Å². The summed E-state index contributed by atoms with van der Waals surface area (Å²) in [5, 5.41) is 3.00. The lowest BCUT2D eigenvalue weighted by Gasteiger charge is -2.26. The van der Waals surface area contributed by atoms with E-state index in [1.165, 1.54) is 16.4 Å². The van der Waals surface area contributed by atoms with E-state index in [0.717, 1.165) is 25.7 Å². The number of hydrogen-bond acceptors (Lipinski definition) is 7. The Labute approximate surface area is 207 Å². The SMILES string of the molecule is O=C(CNc1ccc(S(=O)(=O)N2CCCCCC2)cc1)c1cccc(S(=O)(=O)N2CCOCC2)c1. The van der Waals surface area contributed by atoms with Gasteiger partial charge in [-0.3, -0.25) is 4.79 Å². The topological polar surface area (TPSA) is 113 Å². The van der Waals surface area contributed by atoms with Gasteiger partial charge in [0.1, 0.15) is 0 Å². The van der Waals surface area contributed by atoms with Gasteiger partial charge in [-0.15, -0.1) is 0 Å². The number of ketones is 1. The molecule has 2 aromatic carbocycles. The third kappa shape index (κ3) is 6.10. The van der Waals surface area contributed by atoms with Gasteiger partial charge in [0.05, 0.1) is 29.5 Å². The lowest BCUT2D eigenvalue weighted by atomic mass is 10.1. The highest BCUT2D eigenvalue weighted by Crippen LogP contribution is 2.22. The van der Waals surface area contributed by atoms with Crippen molar-refractivity contribution in [1.29, 1.82) is 0 Å². The molecule has 35 heavy (non-hydrogen) atoms. The van der Waals surface area contributed by atoms with Gasteiger partial charge < -0.3 is 10.1 Å². The molecule has 0 amide bonds. The van der Waals surface area contributed by atoms with Gasteiger partial charge in [-0.05, 0) is 49.2 Å². The number of Topliss-reactive ketones (excluding diaryl/α,β-unsaturated/α-hetero) is 1. The molecule has 0 unspecified atom stereocenters. The molecule has 0 radical (unpaired) electrons. The van der Waals surface area contributed by atoms with Crippen molar-refractivity contribution < 1.29 is 26.4 Å². The van der Waals surface area contributed by atoms with Gasteiger partial charge in [-0.1, -0.05) is 25.0 Å². The van der Waals surface area contributed by atoms with Gasteiger partial charge in [0, 0.05) is 37.4 Å². The second-order valence-corrected chi connectivity index (χ2v) is 12.5. The van der Waals surface area contributed by atoms with Crippen molar-refractivity contribution in [2.24, 2.45) is 0 Å². The number of ether oxygens (including phenoxy) is 1. The Bertz CT molecular complexity index is 1230. The minimum atomic E-state index is -3.70. The number of benzene rings is 2. The van der Waals surface area contributed by atoms with E-state index in [-0.39, 0.29) is 40.8 Å². The number of morpholine rings is 1. The Balaban J connectivity index is 1.39. The highest BCUT2D eigenvalue weighted by Gasteiger charge is 2.27. The van der Waals surface area contributed by atoms with Gasteiger partial charge in [0.15, 0.2) is 5.78 Å². The third-order valence-electron chi connectivity index (χ3n) is 6.27. The maximum absolute atomic E-state index is 12.9. The average molecular weight is 522 g/mol. The van der Waals surface area contributed by atoms with E-state index >= 15 is 0 Å². The fourth-order valence-electron chi connectivity index (χ4n) is 4.23. The lowest BCUT2D eigenvalue weighted by molar-refractivity contribution is 0.0730. The molecule has 4 rings (SSSR count). The zero-order valence-corrected chi connectivity index (χ0v) is 21.2. The van der Waals surface area contributed by atoms with Crippen LogP contribution in [0, 0.1) is 0 Å². The number of hydrogen-bond donors (Lipinski definition) is 1. The maximum Gasteiger partial charge on any atom is 0.243 e. The van der Waals surface area contributed by atoms with Crippen molar-refractivity contribution in [3.8, 4) is 0 Å². The van der Waals surface area contributed by atoms with Gasteiger partial charge in [-0.25, -0.2) is 16.8 Å². The van der Waals surface area contributed by atoms with Crippen LogP contribution in [0.15, 0.2) is 58.3 Å². The fraction of sp³-hybridized carbons (Fsp3) is 0.458. The average Bonchev–Trinajstić information content (AvgIpc) is 3.18. The van der Waals surface area contributed by atoms with Crippen LogP contribution in [-0.2, 0) is 24.8 Å². The minimum absolute atomic E-state index is 0.0563. The molecule has 2 heterocycles. The molecule has 11 heteroatoms. The van der Waals surface area contributed by atoms with Crippen molar-refractivity contribution in [3.63, 3.8) is 0 Å². The molecule has 2 saturated heterocycles. The third-order valence-corrected chi connectivity index (χ3v) is 10.1. The predicted octanol–water partition coefficient (Wildman–Crippen LogP) is 2.57. The van der Waals surface area contributed by atoms with Crippen LogP contribution in [0.1, 0.15) is 36.0 Å². The summed E-state index contributed by atoms with van der Waals surface area (Å²) in [4.78, 5) is 13.1. The highest BCUT2D eigenvalue weighted by molar-refractivity contribution is 7.89. The largest absolute Gasteiger partial charge is 0.379 e. The van der Waals surface area contributed by atoms with Crippen LogP contribution in [0.5, 0.6) is 0 Å². The number of nitrogens with zero attached hydrogens (tertiary/aromatic N) is 2. The van der Waals surface area contributed by atoms with Crippen LogP contribution >= 0.6 is 0 Å². The lowest BCUT2D eigenvalue weighted by Crippen LogP contribution is -2.40. The molecule has 2 aliphatic rings. The zero-order valence-electron chi connectivity index (χ0n) is 19.6. The molecule has 0 aromatic heterocycles. The van der Waals surface area contributed by atoms with Crippen molar-refractivity contribution in [2.75, 3.05) is 51.3 Å². The van der Waals surface area contributed by atoms with Crippen LogP contribution in [-0.4, -0.2) is 77.2 Å². The van der Waals surface area contributed by atoms with Crippen LogP contribution in [0.3, 0.4) is 0 Å². The molecule has 2 fully saturated rings. The Morgan fingerprint density at radius 1 is 0.771 bits per heavy atom. The number of nitrogens with one attached hydrogen (secondary N) is 1. The van der Waals surface area contributed by atoms with Crippen molar-refractivity contribution >= 4 is 31.5 Å². The van der Waals surface area contributed by atoms with Crippen LogP contribution in [0.2, 0.25) is 0 Å². The summed E-state index contributed by atoms with van der Waals surface area (Å²) in [6, 6.07) is 12.4. The molecule has 0 atom stereocenters. The Morgan fingerprint density at radius 2 is 1.37 bits per heavy atom. The van der Waals surface area contributed by atoms with Gasteiger partial charge >= 0.3 is 0 Å². The summed E-state index contributed by atoms with van der Waals surface area (Å²) < 4.78 is 59.7. The van der Waals surface area contributed by atoms with Crippen molar-refractivity contribution in [2.45, 2.75) is 35.5 Å². The van der Waals surface area contributed by atoms with E-state index in [0.29, 0.717) is 32.0 Å². The number of sulfonamides is 2. The molecule has 0 aliphatic carbocycles. The maximum atomic E-state index is 12.9. The quantitative estimate of drug-likeness (QED) is 0.531. The molecule has 2 aliphatic heterocycles. The summed E-state index contributed by atoms with van der Waals surface area (Å²) in [7, 11) is -7.23. The van der Waals surface area contributed by atoms with Gasteiger partial charge in [0.2, 0.25) is 20.0 Å². The second-order valence-electron chi connectivity index (χ2n) is 8.66. The molecular formula is C24H31N3O6S2. The molecule has 190 valence electrons. The number of carbonyl (C=O) groups is 1. The summed E-state index contributed by atoms with van der Waals surface area (Å²) >= 11 is 0. The smallest absolute Gasteiger partial charge is 0.243 e. The Kier molecular flexibility index (Phi) is 8.23. The van der Waals surface area contributed by atoms with E-state index in [2.05, 4.69) is 5.32 Å². The van der Waals surface area contributed by atoms with E-state index in [4.69, 9.17) is 4.74 Å². The highest BCUT2D eigenvalue weighted by atomic mass is 32.2. The van der Waals surface area contributed by atoms with Crippen molar-refractivity contribution in [3.05, 3.63) is 54.1 Å². The minimum Gasteiger partial charge on any atom is -0.379 e. The first-order valence-corrected chi connectivity index (χ1v) is 14.7. The Morgan fingerprint density at radius 3 is 2.03 bits per heavy atom. The first-order valence-electron chi connectivity index (χ1n) is 11.8. The van der Waals surface area contributed by atoms with E-state index in [1.54, 1.807) is 40.7 Å². The summed E-state index contributed by atoms with van der Waals surface area (Å²) in [6.07, 6.45) is 3.84. The molecular weight excluding hydrogens is 490 g/mol. The second kappa shape index (κ2) is 11.2. The molecule has 9 nitrogen and oxygen atoms in total. The molecule has 0 spiro atoms. The number of carbonyl (C=O) groups excluding carboxylic acids is 1. The first-order chi connectivity index (χ1) is 16.8. The fourth-order valence-corrected chi connectivity index (χ4v) is 7.20. The van der Waals surface area contributed by atoms with Gasteiger partial charge in [-0.2, -0.15) is 8.61 Å². The van der Waals surface area contributed by atoms with Crippen LogP contribution in [0.25, 0.3) is 0 Å². The van der Waals surface area contributed by atoms with E-state index < -0.39 is 20.0 Å². The predicted molar refractivity (Wildman–Crippen MR) is 133 cm³/mol. The van der Waals surface area contributed by atoms with E-state index in [9.17, 15) is 21.6 Å². The zero-order chi connectivity index (χ0) is 24.9. The molecule has 0 bridgehead atoms. The standard InChI is InChI=1S/C24H31N3O6S2/c28-24(20-6-5-7-23(18-20)35(31,32)27-14-16-33-17-15-27)19-25-21-8-10-22(11-9-21)34(29,30)26-12-3-1-2-4-13-26/h5-11,18,25H,1-4,12-17,19H2. The molecule has 1 N–H and O–H groups in total. The Hall–Kier alpha value is -2.31. The molecule has 2 aromatic rings. The van der Waals surface area contributed by atoms with Gasteiger partial charge in [0.25, 0.3) is 0 Å². The molecule has 0 saturated carbocycles. The summed E-state index contributed by atoms with van der Waals surface area (Å²) in [5.41, 5.74) is 0.887.